The summed E-state index contributed by atoms with van der Waals surface area (Å²) in [6, 6.07) is 0. The van der Waals surface area contributed by atoms with Gasteiger partial charge in [0.25, 0.3) is 5.71 Å². The molecular weight excluding hydrogens is 88.1 g/mol. The summed E-state index contributed by atoms with van der Waals surface area (Å²) in [6.45, 7) is 3.86. The Morgan fingerprint density at radius 1 is 1.71 bits per heavy atom. The van der Waals surface area contributed by atoms with Crippen LogP contribution in [0.25, 0.3) is 5.53 Å². The lowest BCUT2D eigenvalue weighted by atomic mass is 10.2. The standard InChI is InChI=1S/C5H10N2/c1-3-4-5(2)7-6/h3-4H2,1-2H3. The predicted molar refractivity (Wildman–Crippen MR) is 29.2 cm³/mol. The third kappa shape index (κ3) is 3.20. The molecule has 7 heavy (non-hydrogen) atoms. The van der Waals surface area contributed by atoms with Crippen LogP contribution >= 0.6 is 0 Å². The molecule has 0 rings (SSSR count). The van der Waals surface area contributed by atoms with E-state index in [-0.39, 0.29) is 0 Å². The van der Waals surface area contributed by atoms with Crippen molar-refractivity contribution in [2.24, 2.45) is 0 Å². The van der Waals surface area contributed by atoms with E-state index in [0.717, 1.165) is 18.6 Å². The molecule has 0 saturated heterocycles. The number of nitrogens with zero attached hydrogens (tertiary/aromatic N) is 2. The lowest BCUT2D eigenvalue weighted by Crippen LogP contribution is -1.88. The summed E-state index contributed by atoms with van der Waals surface area (Å²) < 4.78 is 0. The summed E-state index contributed by atoms with van der Waals surface area (Å²) in [6.07, 6.45) is 1.95. The Bertz CT molecular complexity index is 90.3. The van der Waals surface area contributed by atoms with E-state index in [2.05, 4.69) is 11.7 Å². The van der Waals surface area contributed by atoms with Crippen LogP contribution in [-0.2, 0) is 0 Å². The van der Waals surface area contributed by atoms with Gasteiger partial charge in [-0.3, -0.25) is 0 Å². The van der Waals surface area contributed by atoms with Gasteiger partial charge in [-0.25, -0.2) is 0 Å². The number of hydrogen-bond donors (Lipinski definition) is 0. The van der Waals surface area contributed by atoms with Gasteiger partial charge < -0.3 is 5.53 Å². The quantitative estimate of drug-likeness (QED) is 0.285. The molecule has 0 heterocycles. The zero-order valence-electron chi connectivity index (χ0n) is 4.81. The smallest absolute Gasteiger partial charge is 0.265 e. The molecule has 2 nitrogen and oxygen atoms in total. The van der Waals surface area contributed by atoms with Crippen molar-refractivity contribution in [3.63, 3.8) is 0 Å². The van der Waals surface area contributed by atoms with Gasteiger partial charge >= 0.3 is 0 Å². The molecule has 0 fully saturated rings. The molecule has 0 spiro atoms. The van der Waals surface area contributed by atoms with Crippen molar-refractivity contribution in [3.8, 4) is 0 Å². The summed E-state index contributed by atoms with van der Waals surface area (Å²) in [7, 11) is 0. The fraction of sp³-hybridized carbons (Fsp3) is 0.800. The zero-order chi connectivity index (χ0) is 5.70. The van der Waals surface area contributed by atoms with E-state index in [0.29, 0.717) is 0 Å². The fourth-order valence-electron chi connectivity index (χ4n) is 0.412. The van der Waals surface area contributed by atoms with Crippen LogP contribution in [0.5, 0.6) is 0 Å². The molecule has 0 aromatic carbocycles. The molecule has 0 aliphatic carbocycles. The van der Waals surface area contributed by atoms with Crippen molar-refractivity contribution in [1.29, 1.82) is 0 Å². The normalized spacial score (nSPS) is 7.71. The first-order valence-corrected chi connectivity index (χ1v) is 2.48. The summed E-state index contributed by atoms with van der Waals surface area (Å²) in [5.41, 5.74) is 8.86. The average Bonchev–Trinajstić information content (AvgIpc) is 1.68. The van der Waals surface area contributed by atoms with Crippen molar-refractivity contribution in [2.45, 2.75) is 26.7 Å². The van der Waals surface area contributed by atoms with Crippen LogP contribution < -0.4 is 0 Å². The Balaban J connectivity index is 3.37. The Morgan fingerprint density at radius 2 is 2.29 bits per heavy atom. The molecule has 0 saturated carbocycles. The second-order valence-electron chi connectivity index (χ2n) is 1.59. The largest absolute Gasteiger partial charge is 0.362 e. The highest BCUT2D eigenvalue weighted by Crippen LogP contribution is 1.84. The molecule has 0 N–H and O–H groups in total. The van der Waals surface area contributed by atoms with Crippen LogP contribution in [0.15, 0.2) is 0 Å². The van der Waals surface area contributed by atoms with Crippen LogP contribution in [0.2, 0.25) is 0 Å². The van der Waals surface area contributed by atoms with Crippen molar-refractivity contribution in [1.82, 2.24) is 0 Å². The van der Waals surface area contributed by atoms with Crippen molar-refractivity contribution in [3.05, 3.63) is 5.53 Å². The first-order valence-electron chi connectivity index (χ1n) is 2.48. The van der Waals surface area contributed by atoms with Gasteiger partial charge in [0.05, 0.1) is 0 Å². The maximum atomic E-state index is 8.05. The van der Waals surface area contributed by atoms with Crippen LogP contribution in [0.1, 0.15) is 26.7 Å². The highest BCUT2D eigenvalue weighted by Gasteiger charge is 1.92. The zero-order valence-corrected chi connectivity index (χ0v) is 4.81. The van der Waals surface area contributed by atoms with E-state index >= 15 is 0 Å². The molecule has 0 atom stereocenters. The minimum Gasteiger partial charge on any atom is -0.362 e. The van der Waals surface area contributed by atoms with Crippen LogP contribution in [0, 0.1) is 0 Å². The maximum Gasteiger partial charge on any atom is 0.265 e. The molecule has 0 bridgehead atoms. The predicted octanol–water partition coefficient (Wildman–Crippen LogP) is 1.48. The summed E-state index contributed by atoms with van der Waals surface area (Å²) >= 11 is 0. The van der Waals surface area contributed by atoms with E-state index in [1.54, 1.807) is 0 Å². The second-order valence-corrected chi connectivity index (χ2v) is 1.59. The molecule has 40 valence electrons. The summed E-state index contributed by atoms with van der Waals surface area (Å²) in [5.74, 6) is 0. The molecule has 0 amide bonds. The van der Waals surface area contributed by atoms with Crippen molar-refractivity contribution >= 4 is 5.71 Å². The van der Waals surface area contributed by atoms with Gasteiger partial charge in [-0.15, -0.1) is 0 Å². The minimum absolute atomic E-state index is 0.808. The van der Waals surface area contributed by atoms with Crippen molar-refractivity contribution in [2.75, 3.05) is 0 Å². The molecule has 0 aromatic rings. The topological polar surface area (TPSA) is 36.4 Å². The lowest BCUT2D eigenvalue weighted by Gasteiger charge is -1.77. The van der Waals surface area contributed by atoms with Gasteiger partial charge in [-0.2, -0.15) is 4.79 Å². The minimum atomic E-state index is 0.808. The highest BCUT2D eigenvalue weighted by atomic mass is 14.8. The monoisotopic (exact) mass is 98.1 g/mol. The summed E-state index contributed by atoms with van der Waals surface area (Å²) in [5, 5.41) is 0. The Morgan fingerprint density at radius 3 is 2.43 bits per heavy atom. The Kier molecular flexibility index (Phi) is 3.25. The average molecular weight is 98.1 g/mol. The first-order chi connectivity index (χ1) is 3.31. The van der Waals surface area contributed by atoms with E-state index in [1.165, 1.54) is 0 Å². The highest BCUT2D eigenvalue weighted by molar-refractivity contribution is 5.75. The third-order valence-corrected chi connectivity index (χ3v) is 0.783. The SMILES string of the molecule is CCCC(C)=[N+]=[N-]. The van der Waals surface area contributed by atoms with Gasteiger partial charge in [0.15, 0.2) is 0 Å². The van der Waals surface area contributed by atoms with Crippen LogP contribution in [0.4, 0.5) is 0 Å². The Labute approximate surface area is 43.8 Å². The van der Waals surface area contributed by atoms with Gasteiger partial charge in [0, 0.05) is 13.3 Å². The van der Waals surface area contributed by atoms with E-state index in [1.807, 2.05) is 6.92 Å². The third-order valence-electron chi connectivity index (χ3n) is 0.783. The van der Waals surface area contributed by atoms with E-state index < -0.39 is 0 Å². The fourth-order valence-corrected chi connectivity index (χ4v) is 0.412. The maximum absolute atomic E-state index is 8.05. The lowest BCUT2D eigenvalue weighted by molar-refractivity contribution is -0.00891. The summed E-state index contributed by atoms with van der Waals surface area (Å²) in [4.78, 5) is 2.99. The van der Waals surface area contributed by atoms with Crippen LogP contribution in [-0.4, -0.2) is 10.5 Å². The van der Waals surface area contributed by atoms with Gasteiger partial charge in [-0.1, -0.05) is 6.92 Å². The number of hydrogen-bond acceptors (Lipinski definition) is 0. The van der Waals surface area contributed by atoms with Gasteiger partial charge in [0.2, 0.25) is 0 Å². The molecule has 0 aliphatic rings. The molecule has 0 radical (unpaired) electrons. The van der Waals surface area contributed by atoms with Gasteiger partial charge in [-0.05, 0) is 6.42 Å². The molecule has 2 heteroatoms. The Hall–Kier alpha value is -0.620. The molecule has 0 aliphatic heterocycles. The van der Waals surface area contributed by atoms with Crippen LogP contribution in [0.3, 0.4) is 0 Å². The molecule has 0 unspecified atom stereocenters. The first kappa shape index (κ1) is 6.38. The second kappa shape index (κ2) is 3.57. The van der Waals surface area contributed by atoms with Crippen molar-refractivity contribution < 1.29 is 4.79 Å². The van der Waals surface area contributed by atoms with Gasteiger partial charge in [0.1, 0.15) is 0 Å². The van der Waals surface area contributed by atoms with E-state index in [4.69, 9.17) is 5.53 Å². The van der Waals surface area contributed by atoms with E-state index in [9.17, 15) is 0 Å². The molecule has 0 aromatic heterocycles. The molecular formula is C5H10N2. The number of rotatable bonds is 2.